The van der Waals surface area contributed by atoms with Crippen LogP contribution in [0.4, 0.5) is 10.1 Å². The van der Waals surface area contributed by atoms with E-state index in [1.165, 1.54) is 18.2 Å². The van der Waals surface area contributed by atoms with E-state index in [-0.39, 0.29) is 28.8 Å². The Balaban J connectivity index is 1.58. The summed E-state index contributed by atoms with van der Waals surface area (Å²) in [5, 5.41) is 5.89. The summed E-state index contributed by atoms with van der Waals surface area (Å²) in [6.07, 6.45) is 5.44. The van der Waals surface area contributed by atoms with Crippen LogP contribution in [0.2, 0.25) is 5.02 Å². The maximum absolute atomic E-state index is 13.3. The van der Waals surface area contributed by atoms with Crippen molar-refractivity contribution in [2.24, 2.45) is 5.92 Å². The third-order valence-corrected chi connectivity index (χ3v) is 5.56. The standard InChI is InChI=1S/C20H21ClFN3O2/c1-2-25-10-14-13(6-8-17(14)24-19(26)11-3-4-11)18(25)20(27)23-12-5-7-16(22)15(21)9-12/h5,7,9-11,17H,2-4,6,8H2,1H3,(H,23,27)(H,24,26). The van der Waals surface area contributed by atoms with E-state index in [0.29, 0.717) is 17.9 Å². The molecule has 2 N–H and O–H groups in total. The minimum absolute atomic E-state index is 0.0345. The molecule has 1 aromatic heterocycles. The number of fused-ring (bicyclic) bond motifs is 1. The molecular formula is C20H21ClFN3O2. The number of carbonyl (C=O) groups excluding carboxylic acids is 2. The van der Waals surface area contributed by atoms with Crippen molar-refractivity contribution in [3.8, 4) is 0 Å². The molecule has 0 spiro atoms. The zero-order valence-electron chi connectivity index (χ0n) is 15.0. The summed E-state index contributed by atoms with van der Waals surface area (Å²) in [7, 11) is 0. The molecule has 1 atom stereocenters. The average molecular weight is 390 g/mol. The van der Waals surface area contributed by atoms with Gasteiger partial charge in [-0.25, -0.2) is 4.39 Å². The van der Waals surface area contributed by atoms with Gasteiger partial charge in [-0.3, -0.25) is 9.59 Å². The highest BCUT2D eigenvalue weighted by molar-refractivity contribution is 6.31. The average Bonchev–Trinajstić information content (AvgIpc) is 3.33. The first-order valence-corrected chi connectivity index (χ1v) is 9.64. The second-order valence-electron chi connectivity index (χ2n) is 7.15. The number of hydrogen-bond acceptors (Lipinski definition) is 2. The topological polar surface area (TPSA) is 63.1 Å². The second-order valence-corrected chi connectivity index (χ2v) is 7.56. The fourth-order valence-electron chi connectivity index (χ4n) is 3.69. The van der Waals surface area contributed by atoms with E-state index in [1.54, 1.807) is 0 Å². The van der Waals surface area contributed by atoms with Gasteiger partial charge in [0.25, 0.3) is 5.91 Å². The van der Waals surface area contributed by atoms with Crippen LogP contribution in [-0.4, -0.2) is 16.4 Å². The molecule has 0 bridgehead atoms. The predicted molar refractivity (Wildman–Crippen MR) is 101 cm³/mol. The number of nitrogens with one attached hydrogen (secondary N) is 2. The number of benzene rings is 1. The SMILES string of the molecule is CCn1cc2c(c1C(=O)Nc1ccc(F)c(Cl)c1)CCC2NC(=O)C1CC1. The van der Waals surface area contributed by atoms with Crippen LogP contribution in [0.5, 0.6) is 0 Å². The Bertz CT molecular complexity index is 920. The van der Waals surface area contributed by atoms with Gasteiger partial charge in [0.1, 0.15) is 11.5 Å². The zero-order valence-corrected chi connectivity index (χ0v) is 15.8. The van der Waals surface area contributed by atoms with Crippen molar-refractivity contribution in [2.45, 2.75) is 45.2 Å². The van der Waals surface area contributed by atoms with Gasteiger partial charge in [0.05, 0.1) is 11.1 Å². The predicted octanol–water partition coefficient (Wildman–Crippen LogP) is 4.07. The molecule has 0 aliphatic heterocycles. The molecular weight excluding hydrogens is 369 g/mol. The van der Waals surface area contributed by atoms with Gasteiger partial charge >= 0.3 is 0 Å². The number of rotatable bonds is 5. The molecule has 7 heteroatoms. The fourth-order valence-corrected chi connectivity index (χ4v) is 3.87. The summed E-state index contributed by atoms with van der Waals surface area (Å²) < 4.78 is 15.2. The Morgan fingerprint density at radius 2 is 2.07 bits per heavy atom. The lowest BCUT2D eigenvalue weighted by atomic mass is 10.1. The highest BCUT2D eigenvalue weighted by Gasteiger charge is 2.35. The van der Waals surface area contributed by atoms with Gasteiger partial charge in [-0.1, -0.05) is 11.6 Å². The Morgan fingerprint density at radius 1 is 1.30 bits per heavy atom. The van der Waals surface area contributed by atoms with Crippen molar-refractivity contribution < 1.29 is 14.0 Å². The number of aryl methyl sites for hydroxylation is 1. The van der Waals surface area contributed by atoms with Crippen LogP contribution < -0.4 is 10.6 Å². The first kappa shape index (κ1) is 18.0. The van der Waals surface area contributed by atoms with Gasteiger partial charge in [0.15, 0.2) is 0 Å². The lowest BCUT2D eigenvalue weighted by Crippen LogP contribution is -2.28. The first-order valence-electron chi connectivity index (χ1n) is 9.26. The van der Waals surface area contributed by atoms with Gasteiger partial charge < -0.3 is 15.2 Å². The Kier molecular flexibility index (Phi) is 4.68. The molecule has 27 heavy (non-hydrogen) atoms. The number of amides is 2. The fraction of sp³-hybridized carbons (Fsp3) is 0.400. The quantitative estimate of drug-likeness (QED) is 0.809. The number of hydrogen-bond donors (Lipinski definition) is 2. The van der Waals surface area contributed by atoms with E-state index in [2.05, 4.69) is 10.6 Å². The third-order valence-electron chi connectivity index (χ3n) is 5.27. The summed E-state index contributed by atoms with van der Waals surface area (Å²) in [5.74, 6) is -0.506. The minimum atomic E-state index is -0.526. The number of anilines is 1. The Morgan fingerprint density at radius 3 is 2.74 bits per heavy atom. The molecule has 142 valence electrons. The van der Waals surface area contributed by atoms with E-state index in [0.717, 1.165) is 36.8 Å². The second kappa shape index (κ2) is 7.00. The Labute approximate surface area is 161 Å². The van der Waals surface area contributed by atoms with E-state index in [4.69, 9.17) is 11.6 Å². The Hall–Kier alpha value is -2.34. The van der Waals surface area contributed by atoms with E-state index >= 15 is 0 Å². The van der Waals surface area contributed by atoms with Gasteiger partial charge in [-0.15, -0.1) is 0 Å². The van der Waals surface area contributed by atoms with Gasteiger partial charge in [0, 0.05) is 24.3 Å². The van der Waals surface area contributed by atoms with Crippen LogP contribution in [0.1, 0.15) is 53.8 Å². The molecule has 1 aromatic carbocycles. The molecule has 1 unspecified atom stereocenters. The lowest BCUT2D eigenvalue weighted by Gasteiger charge is -2.13. The van der Waals surface area contributed by atoms with Crippen LogP contribution >= 0.6 is 11.6 Å². The van der Waals surface area contributed by atoms with Crippen LogP contribution in [0.3, 0.4) is 0 Å². The van der Waals surface area contributed by atoms with Crippen molar-refractivity contribution in [1.82, 2.24) is 9.88 Å². The van der Waals surface area contributed by atoms with Crippen LogP contribution in [0, 0.1) is 11.7 Å². The van der Waals surface area contributed by atoms with Crippen molar-refractivity contribution in [3.05, 3.63) is 52.1 Å². The van der Waals surface area contributed by atoms with Gasteiger partial charge in [0.2, 0.25) is 5.91 Å². The molecule has 2 aliphatic carbocycles. The molecule has 0 radical (unpaired) electrons. The summed E-state index contributed by atoms with van der Waals surface area (Å²) in [6, 6.07) is 4.07. The molecule has 2 aromatic rings. The van der Waals surface area contributed by atoms with E-state index < -0.39 is 5.82 Å². The van der Waals surface area contributed by atoms with Crippen LogP contribution in [0.15, 0.2) is 24.4 Å². The number of carbonyl (C=O) groups is 2. The summed E-state index contributed by atoms with van der Waals surface area (Å²) in [6.45, 7) is 2.61. The molecule has 1 fully saturated rings. The van der Waals surface area contributed by atoms with E-state index in [1.807, 2.05) is 17.7 Å². The van der Waals surface area contributed by atoms with Gasteiger partial charge in [-0.05, 0) is 61.9 Å². The normalized spacial score (nSPS) is 18.3. The molecule has 1 saturated carbocycles. The summed E-state index contributed by atoms with van der Waals surface area (Å²) >= 11 is 5.80. The summed E-state index contributed by atoms with van der Waals surface area (Å²) in [4.78, 5) is 25.0. The molecule has 2 aliphatic rings. The largest absolute Gasteiger partial charge is 0.349 e. The van der Waals surface area contributed by atoms with E-state index in [9.17, 15) is 14.0 Å². The smallest absolute Gasteiger partial charge is 0.272 e. The molecule has 1 heterocycles. The van der Waals surface area contributed by atoms with Crippen molar-refractivity contribution in [2.75, 3.05) is 5.32 Å². The summed E-state index contributed by atoms with van der Waals surface area (Å²) in [5.41, 5.74) is 3.04. The highest BCUT2D eigenvalue weighted by atomic mass is 35.5. The number of aromatic nitrogens is 1. The monoisotopic (exact) mass is 389 g/mol. The third kappa shape index (κ3) is 3.46. The maximum atomic E-state index is 13.3. The van der Waals surface area contributed by atoms with Crippen molar-refractivity contribution >= 4 is 29.1 Å². The van der Waals surface area contributed by atoms with Crippen molar-refractivity contribution in [1.29, 1.82) is 0 Å². The van der Waals surface area contributed by atoms with Crippen molar-refractivity contribution in [3.63, 3.8) is 0 Å². The highest BCUT2D eigenvalue weighted by Crippen LogP contribution is 2.37. The first-order chi connectivity index (χ1) is 13.0. The van der Waals surface area contributed by atoms with Crippen LogP contribution in [0.25, 0.3) is 0 Å². The molecule has 2 amide bonds. The van der Waals surface area contributed by atoms with Crippen LogP contribution in [-0.2, 0) is 17.8 Å². The molecule has 0 saturated heterocycles. The minimum Gasteiger partial charge on any atom is -0.349 e. The molecule has 5 nitrogen and oxygen atoms in total. The zero-order chi connectivity index (χ0) is 19.1. The lowest BCUT2D eigenvalue weighted by molar-refractivity contribution is -0.123. The van der Waals surface area contributed by atoms with Gasteiger partial charge in [-0.2, -0.15) is 0 Å². The number of halogens is 2. The number of nitrogens with zero attached hydrogens (tertiary/aromatic N) is 1. The maximum Gasteiger partial charge on any atom is 0.272 e. The molecule has 4 rings (SSSR count).